The molecule has 3 heterocycles. The molecule has 0 saturated heterocycles. The summed E-state index contributed by atoms with van der Waals surface area (Å²) in [6.45, 7) is 3.27. The fraction of sp³-hybridized carbons (Fsp3) is 0.538. The Morgan fingerprint density at radius 2 is 2.24 bits per heavy atom. The van der Waals surface area contributed by atoms with E-state index in [9.17, 15) is 13.2 Å². The van der Waals surface area contributed by atoms with Gasteiger partial charge in [-0.05, 0) is 6.92 Å². The van der Waals surface area contributed by atoms with E-state index in [1.165, 1.54) is 4.57 Å². The van der Waals surface area contributed by atoms with E-state index in [4.69, 9.17) is 0 Å². The van der Waals surface area contributed by atoms with Gasteiger partial charge in [-0.1, -0.05) is 0 Å². The average Bonchev–Trinajstić information content (AvgIpc) is 3.03. The van der Waals surface area contributed by atoms with Gasteiger partial charge in [-0.2, -0.15) is 13.2 Å². The summed E-state index contributed by atoms with van der Waals surface area (Å²) in [5.41, 5.74) is 1.19. The lowest BCUT2D eigenvalue weighted by atomic mass is 10.1. The van der Waals surface area contributed by atoms with Crippen LogP contribution in [0.1, 0.15) is 30.2 Å². The monoisotopic (exact) mass is 299 g/mol. The molecule has 8 heteroatoms. The highest BCUT2D eigenvalue weighted by Gasteiger charge is 2.40. The highest BCUT2D eigenvalue weighted by Crippen LogP contribution is 2.33. The van der Waals surface area contributed by atoms with E-state index in [0.29, 0.717) is 37.4 Å². The molecule has 0 bridgehead atoms. The molecular weight excluding hydrogens is 283 g/mol. The molecule has 0 fully saturated rings. The summed E-state index contributed by atoms with van der Waals surface area (Å²) in [4.78, 5) is 7.74. The van der Waals surface area contributed by atoms with Crippen LogP contribution in [-0.2, 0) is 25.7 Å². The first-order chi connectivity index (χ1) is 9.97. The number of rotatable bonds is 3. The number of halogens is 3. The second-order valence-corrected chi connectivity index (χ2v) is 5.23. The van der Waals surface area contributed by atoms with Gasteiger partial charge in [0.25, 0.3) is 0 Å². The Bertz CT molecular complexity index is 615. The Morgan fingerprint density at radius 1 is 1.43 bits per heavy atom. The standard InChI is InChI=1S/C13H16F3N5/c1-9(7-20-5-4-18-8-20)21-11-2-3-17-6-10(11)19-12(21)13(14,15)16/h4-5,8-9,17H,2-3,6-7H2,1H3. The van der Waals surface area contributed by atoms with Gasteiger partial charge in [-0.25, -0.2) is 9.97 Å². The highest BCUT2D eigenvalue weighted by molar-refractivity contribution is 5.22. The zero-order valence-corrected chi connectivity index (χ0v) is 11.6. The molecule has 1 atom stereocenters. The van der Waals surface area contributed by atoms with E-state index < -0.39 is 12.0 Å². The SMILES string of the molecule is CC(Cn1ccnc1)n1c(C(F)(F)F)nc2c1CCNC2. The summed E-state index contributed by atoms with van der Waals surface area (Å²) in [5.74, 6) is -0.802. The molecule has 1 unspecified atom stereocenters. The van der Waals surface area contributed by atoms with E-state index in [2.05, 4.69) is 15.3 Å². The summed E-state index contributed by atoms with van der Waals surface area (Å²) in [5, 5.41) is 3.06. The van der Waals surface area contributed by atoms with Gasteiger partial charge in [-0.3, -0.25) is 0 Å². The number of hydrogen-bond acceptors (Lipinski definition) is 3. The molecule has 21 heavy (non-hydrogen) atoms. The van der Waals surface area contributed by atoms with E-state index >= 15 is 0 Å². The summed E-state index contributed by atoms with van der Waals surface area (Å²) in [6, 6.07) is -0.342. The van der Waals surface area contributed by atoms with Crippen LogP contribution in [0, 0.1) is 0 Å². The molecular formula is C13H16F3N5. The van der Waals surface area contributed by atoms with Crippen LogP contribution in [0.5, 0.6) is 0 Å². The smallest absolute Gasteiger partial charge is 0.335 e. The van der Waals surface area contributed by atoms with Crippen molar-refractivity contribution in [3.8, 4) is 0 Å². The van der Waals surface area contributed by atoms with Crippen LogP contribution in [0.3, 0.4) is 0 Å². The molecule has 5 nitrogen and oxygen atoms in total. The minimum atomic E-state index is -4.44. The van der Waals surface area contributed by atoms with Gasteiger partial charge < -0.3 is 14.5 Å². The maximum Gasteiger partial charge on any atom is 0.449 e. The minimum absolute atomic E-state index is 0.342. The quantitative estimate of drug-likeness (QED) is 0.943. The van der Waals surface area contributed by atoms with Crippen LogP contribution in [-0.4, -0.2) is 25.6 Å². The van der Waals surface area contributed by atoms with Crippen molar-refractivity contribution in [2.45, 2.75) is 38.7 Å². The summed E-state index contributed by atoms with van der Waals surface area (Å²) >= 11 is 0. The maximum atomic E-state index is 13.3. The van der Waals surface area contributed by atoms with Gasteiger partial charge in [0.1, 0.15) is 0 Å². The number of aromatic nitrogens is 4. The number of alkyl halides is 3. The van der Waals surface area contributed by atoms with Crippen LogP contribution < -0.4 is 5.32 Å². The third kappa shape index (κ3) is 2.67. The number of nitrogens with zero attached hydrogens (tertiary/aromatic N) is 4. The van der Waals surface area contributed by atoms with Crippen molar-refractivity contribution in [2.24, 2.45) is 0 Å². The summed E-state index contributed by atoms with van der Waals surface area (Å²) in [7, 11) is 0. The Morgan fingerprint density at radius 3 is 2.90 bits per heavy atom. The molecule has 2 aromatic heterocycles. The molecule has 2 aromatic rings. The fourth-order valence-corrected chi connectivity index (χ4v) is 2.79. The first kappa shape index (κ1) is 14.1. The molecule has 1 aliphatic heterocycles. The Labute approximate surface area is 119 Å². The molecule has 1 N–H and O–H groups in total. The predicted octanol–water partition coefficient (Wildman–Crippen LogP) is 2.01. The Kier molecular flexibility index (Phi) is 3.48. The molecule has 0 aromatic carbocycles. The minimum Gasteiger partial charge on any atom is -0.335 e. The van der Waals surface area contributed by atoms with E-state index in [1.807, 2.05) is 0 Å². The Hall–Kier alpha value is -1.83. The van der Waals surface area contributed by atoms with E-state index in [1.54, 1.807) is 30.2 Å². The molecule has 1 aliphatic rings. The number of fused-ring (bicyclic) bond motifs is 1. The van der Waals surface area contributed by atoms with Crippen molar-refractivity contribution in [3.63, 3.8) is 0 Å². The maximum absolute atomic E-state index is 13.3. The van der Waals surface area contributed by atoms with Crippen LogP contribution in [0.15, 0.2) is 18.7 Å². The lowest BCUT2D eigenvalue weighted by Crippen LogP contribution is -2.27. The van der Waals surface area contributed by atoms with Gasteiger partial charge in [0, 0.05) is 44.1 Å². The van der Waals surface area contributed by atoms with E-state index in [0.717, 1.165) is 0 Å². The fourth-order valence-electron chi connectivity index (χ4n) is 2.79. The zero-order chi connectivity index (χ0) is 15.0. The van der Waals surface area contributed by atoms with Crippen molar-refractivity contribution in [1.29, 1.82) is 0 Å². The predicted molar refractivity (Wildman–Crippen MR) is 69.6 cm³/mol. The Balaban J connectivity index is 2.00. The van der Waals surface area contributed by atoms with Crippen molar-refractivity contribution in [2.75, 3.05) is 6.54 Å². The van der Waals surface area contributed by atoms with Gasteiger partial charge in [-0.15, -0.1) is 0 Å². The third-order valence-electron chi connectivity index (χ3n) is 3.65. The second kappa shape index (κ2) is 5.18. The molecule has 114 valence electrons. The lowest BCUT2D eigenvalue weighted by molar-refractivity contribution is -0.148. The number of hydrogen-bond donors (Lipinski definition) is 1. The molecule has 3 rings (SSSR count). The van der Waals surface area contributed by atoms with Crippen molar-refractivity contribution in [3.05, 3.63) is 35.9 Å². The van der Waals surface area contributed by atoms with Crippen LogP contribution in [0.2, 0.25) is 0 Å². The van der Waals surface area contributed by atoms with Crippen LogP contribution >= 0.6 is 0 Å². The first-order valence-electron chi connectivity index (χ1n) is 6.80. The van der Waals surface area contributed by atoms with E-state index in [-0.39, 0.29) is 6.04 Å². The van der Waals surface area contributed by atoms with Gasteiger partial charge in [0.15, 0.2) is 0 Å². The number of nitrogens with one attached hydrogen (secondary N) is 1. The molecule has 0 amide bonds. The second-order valence-electron chi connectivity index (χ2n) is 5.23. The molecule has 0 saturated carbocycles. The van der Waals surface area contributed by atoms with Crippen molar-refractivity contribution >= 4 is 0 Å². The zero-order valence-electron chi connectivity index (χ0n) is 11.6. The van der Waals surface area contributed by atoms with Crippen molar-refractivity contribution in [1.82, 2.24) is 24.4 Å². The first-order valence-corrected chi connectivity index (χ1v) is 6.80. The van der Waals surface area contributed by atoms with Crippen LogP contribution in [0.4, 0.5) is 13.2 Å². The van der Waals surface area contributed by atoms with Crippen molar-refractivity contribution < 1.29 is 13.2 Å². The molecule has 0 radical (unpaired) electrons. The highest BCUT2D eigenvalue weighted by atomic mass is 19.4. The number of imidazole rings is 2. The largest absolute Gasteiger partial charge is 0.449 e. The summed E-state index contributed by atoms with van der Waals surface area (Å²) < 4.78 is 42.9. The van der Waals surface area contributed by atoms with Crippen LogP contribution in [0.25, 0.3) is 0 Å². The van der Waals surface area contributed by atoms with Gasteiger partial charge >= 0.3 is 6.18 Å². The normalized spacial score (nSPS) is 16.8. The summed E-state index contributed by atoms with van der Waals surface area (Å²) in [6.07, 6.45) is 1.08. The lowest BCUT2D eigenvalue weighted by Gasteiger charge is -2.22. The third-order valence-corrected chi connectivity index (χ3v) is 3.65. The molecule has 0 spiro atoms. The average molecular weight is 299 g/mol. The van der Waals surface area contributed by atoms with Gasteiger partial charge in [0.05, 0.1) is 18.1 Å². The topological polar surface area (TPSA) is 47.7 Å². The van der Waals surface area contributed by atoms with Gasteiger partial charge in [0.2, 0.25) is 5.82 Å². The molecule has 0 aliphatic carbocycles.